The summed E-state index contributed by atoms with van der Waals surface area (Å²) < 4.78 is 11.2. The zero-order chi connectivity index (χ0) is 13.8. The highest BCUT2D eigenvalue weighted by atomic mass is 16.5. The molecular formula is C14H19N3O2. The minimum atomic E-state index is 0.583. The second-order valence-corrected chi connectivity index (χ2v) is 4.16. The fourth-order valence-electron chi connectivity index (χ4n) is 1.97. The van der Waals surface area contributed by atoms with Crippen molar-refractivity contribution >= 4 is 16.7 Å². The molecule has 0 saturated carbocycles. The highest BCUT2D eigenvalue weighted by Gasteiger charge is 2.10. The molecule has 5 heteroatoms. The van der Waals surface area contributed by atoms with Crippen molar-refractivity contribution in [1.29, 1.82) is 0 Å². The van der Waals surface area contributed by atoms with E-state index in [0.29, 0.717) is 24.8 Å². The third kappa shape index (κ3) is 2.71. The molecule has 0 amide bonds. The number of nitrogens with zero attached hydrogens (tertiary/aromatic N) is 1. The number of fused-ring (bicyclic) bond motifs is 1. The van der Waals surface area contributed by atoms with Crippen molar-refractivity contribution in [2.24, 2.45) is 5.84 Å². The fourth-order valence-corrected chi connectivity index (χ4v) is 1.97. The number of hydrogen-bond donors (Lipinski definition) is 2. The third-order valence-corrected chi connectivity index (χ3v) is 2.81. The number of benzene rings is 1. The van der Waals surface area contributed by atoms with Crippen LogP contribution >= 0.6 is 0 Å². The molecule has 19 heavy (non-hydrogen) atoms. The maximum absolute atomic E-state index is 5.60. The summed E-state index contributed by atoms with van der Waals surface area (Å²) in [6.45, 7) is 7.03. The largest absolute Gasteiger partial charge is 0.490 e. The monoisotopic (exact) mass is 261 g/mol. The van der Waals surface area contributed by atoms with Gasteiger partial charge in [-0.05, 0) is 38.5 Å². The number of pyridine rings is 1. The Bertz CT molecular complexity index is 584. The first-order valence-electron chi connectivity index (χ1n) is 6.37. The van der Waals surface area contributed by atoms with E-state index in [1.54, 1.807) is 0 Å². The van der Waals surface area contributed by atoms with Gasteiger partial charge in [0.1, 0.15) is 5.82 Å². The molecule has 0 aliphatic carbocycles. The van der Waals surface area contributed by atoms with E-state index in [2.05, 4.69) is 10.4 Å². The zero-order valence-corrected chi connectivity index (χ0v) is 11.5. The standard InChI is InChI=1S/C14H19N3O2/c1-4-18-12-7-10-6-9(3)14(17-15)16-11(10)8-13(12)19-5-2/h6-8H,4-5,15H2,1-3H3,(H,16,17). The van der Waals surface area contributed by atoms with Gasteiger partial charge >= 0.3 is 0 Å². The maximum atomic E-state index is 5.60. The van der Waals surface area contributed by atoms with Crippen LogP contribution in [-0.4, -0.2) is 18.2 Å². The number of rotatable bonds is 5. The van der Waals surface area contributed by atoms with E-state index in [9.17, 15) is 0 Å². The van der Waals surface area contributed by atoms with Crippen LogP contribution in [0.25, 0.3) is 10.9 Å². The van der Waals surface area contributed by atoms with E-state index in [4.69, 9.17) is 15.3 Å². The number of nitrogen functional groups attached to an aromatic ring is 1. The van der Waals surface area contributed by atoms with Gasteiger partial charge in [-0.2, -0.15) is 0 Å². The van der Waals surface area contributed by atoms with Crippen molar-refractivity contribution in [2.45, 2.75) is 20.8 Å². The van der Waals surface area contributed by atoms with E-state index in [1.807, 2.05) is 39.0 Å². The van der Waals surface area contributed by atoms with Crippen molar-refractivity contribution in [2.75, 3.05) is 18.6 Å². The van der Waals surface area contributed by atoms with E-state index in [-0.39, 0.29) is 0 Å². The second-order valence-electron chi connectivity index (χ2n) is 4.16. The van der Waals surface area contributed by atoms with Crippen molar-refractivity contribution < 1.29 is 9.47 Å². The van der Waals surface area contributed by atoms with Gasteiger partial charge in [-0.1, -0.05) is 0 Å². The van der Waals surface area contributed by atoms with Crippen molar-refractivity contribution in [3.8, 4) is 11.5 Å². The molecule has 0 bridgehead atoms. The first-order chi connectivity index (χ1) is 9.19. The molecule has 0 unspecified atom stereocenters. The van der Waals surface area contributed by atoms with Crippen LogP contribution in [-0.2, 0) is 0 Å². The summed E-state index contributed by atoms with van der Waals surface area (Å²) in [4.78, 5) is 4.47. The molecular weight excluding hydrogens is 242 g/mol. The van der Waals surface area contributed by atoms with Crippen LogP contribution < -0.4 is 20.7 Å². The van der Waals surface area contributed by atoms with E-state index in [0.717, 1.165) is 22.2 Å². The Morgan fingerprint density at radius 3 is 2.32 bits per heavy atom. The molecule has 102 valence electrons. The molecule has 2 aromatic rings. The van der Waals surface area contributed by atoms with Gasteiger partial charge in [0.15, 0.2) is 11.5 Å². The molecule has 0 aliphatic rings. The molecule has 0 fully saturated rings. The Morgan fingerprint density at radius 2 is 1.74 bits per heavy atom. The fraction of sp³-hybridized carbons (Fsp3) is 0.357. The van der Waals surface area contributed by atoms with Crippen molar-refractivity contribution in [3.63, 3.8) is 0 Å². The molecule has 2 rings (SSSR count). The lowest BCUT2D eigenvalue weighted by molar-refractivity contribution is 0.288. The molecule has 0 radical (unpaired) electrons. The number of hydrogen-bond acceptors (Lipinski definition) is 5. The van der Waals surface area contributed by atoms with Crippen LogP contribution in [0.5, 0.6) is 11.5 Å². The molecule has 0 aliphatic heterocycles. The van der Waals surface area contributed by atoms with E-state index >= 15 is 0 Å². The van der Waals surface area contributed by atoms with Crippen molar-refractivity contribution in [3.05, 3.63) is 23.8 Å². The Kier molecular flexibility index (Phi) is 4.06. The number of nitrogens with one attached hydrogen (secondary N) is 1. The van der Waals surface area contributed by atoms with Gasteiger partial charge in [0.2, 0.25) is 0 Å². The first kappa shape index (κ1) is 13.4. The SMILES string of the molecule is CCOc1cc2cc(C)c(NN)nc2cc1OCC. The van der Waals surface area contributed by atoms with Crippen LogP contribution in [0.4, 0.5) is 5.82 Å². The number of aromatic nitrogens is 1. The highest BCUT2D eigenvalue weighted by Crippen LogP contribution is 2.33. The lowest BCUT2D eigenvalue weighted by Gasteiger charge is -2.13. The number of aryl methyl sites for hydroxylation is 1. The van der Waals surface area contributed by atoms with Crippen LogP contribution in [0.15, 0.2) is 18.2 Å². The average Bonchev–Trinajstić information content (AvgIpc) is 2.40. The number of hydrazine groups is 1. The van der Waals surface area contributed by atoms with Crippen LogP contribution in [0.2, 0.25) is 0 Å². The second kappa shape index (κ2) is 5.75. The Hall–Kier alpha value is -2.01. The molecule has 1 aromatic heterocycles. The molecule has 3 N–H and O–H groups in total. The highest BCUT2D eigenvalue weighted by molar-refractivity contribution is 5.85. The predicted octanol–water partition coefficient (Wildman–Crippen LogP) is 2.63. The number of nitrogens with two attached hydrogens (primary N) is 1. The molecule has 0 saturated heterocycles. The van der Waals surface area contributed by atoms with Gasteiger partial charge in [-0.25, -0.2) is 10.8 Å². The molecule has 1 aromatic carbocycles. The Balaban J connectivity index is 2.59. The number of ether oxygens (including phenoxy) is 2. The minimum Gasteiger partial charge on any atom is -0.490 e. The lowest BCUT2D eigenvalue weighted by Crippen LogP contribution is -2.10. The summed E-state index contributed by atoms with van der Waals surface area (Å²) in [6.07, 6.45) is 0. The van der Waals surface area contributed by atoms with Gasteiger partial charge in [0.25, 0.3) is 0 Å². The topological polar surface area (TPSA) is 69.4 Å². The molecule has 0 atom stereocenters. The first-order valence-corrected chi connectivity index (χ1v) is 6.37. The molecule has 0 spiro atoms. The molecule has 1 heterocycles. The third-order valence-electron chi connectivity index (χ3n) is 2.81. The van der Waals surface area contributed by atoms with Gasteiger partial charge in [-0.3, -0.25) is 0 Å². The minimum absolute atomic E-state index is 0.583. The van der Waals surface area contributed by atoms with Gasteiger partial charge in [-0.15, -0.1) is 0 Å². The molecule has 5 nitrogen and oxygen atoms in total. The number of anilines is 1. The van der Waals surface area contributed by atoms with E-state index in [1.165, 1.54) is 0 Å². The zero-order valence-electron chi connectivity index (χ0n) is 11.5. The summed E-state index contributed by atoms with van der Waals surface area (Å²) in [5.74, 6) is 7.56. The summed E-state index contributed by atoms with van der Waals surface area (Å²) in [5.41, 5.74) is 4.41. The Morgan fingerprint density at radius 1 is 1.11 bits per heavy atom. The summed E-state index contributed by atoms with van der Waals surface area (Å²) in [5, 5.41) is 1.00. The van der Waals surface area contributed by atoms with E-state index < -0.39 is 0 Å². The maximum Gasteiger partial charge on any atom is 0.163 e. The Labute approximate surface area is 112 Å². The lowest BCUT2D eigenvalue weighted by atomic mass is 10.1. The van der Waals surface area contributed by atoms with Gasteiger partial charge in [0, 0.05) is 11.5 Å². The van der Waals surface area contributed by atoms with Gasteiger partial charge in [0.05, 0.1) is 18.7 Å². The quantitative estimate of drug-likeness (QED) is 0.639. The summed E-state index contributed by atoms with van der Waals surface area (Å²) in [6, 6.07) is 5.85. The smallest absolute Gasteiger partial charge is 0.163 e. The normalized spacial score (nSPS) is 10.5. The van der Waals surface area contributed by atoms with Crippen LogP contribution in [0.1, 0.15) is 19.4 Å². The van der Waals surface area contributed by atoms with Crippen LogP contribution in [0.3, 0.4) is 0 Å². The summed E-state index contributed by atoms with van der Waals surface area (Å²) >= 11 is 0. The average molecular weight is 261 g/mol. The van der Waals surface area contributed by atoms with Gasteiger partial charge < -0.3 is 14.9 Å². The summed E-state index contributed by atoms with van der Waals surface area (Å²) in [7, 11) is 0. The van der Waals surface area contributed by atoms with Crippen LogP contribution in [0, 0.1) is 6.92 Å². The predicted molar refractivity (Wildman–Crippen MR) is 76.6 cm³/mol. The van der Waals surface area contributed by atoms with Crippen molar-refractivity contribution in [1.82, 2.24) is 4.98 Å².